The van der Waals surface area contributed by atoms with Crippen LogP contribution in [0, 0.1) is 11.3 Å². The third kappa shape index (κ3) is 3.63. The predicted molar refractivity (Wildman–Crippen MR) is 91.9 cm³/mol. The van der Waals surface area contributed by atoms with Gasteiger partial charge in [0.2, 0.25) is 0 Å². The minimum atomic E-state index is -0.0601. The number of likely N-dealkylation sites (tertiary alicyclic amines) is 1. The normalized spacial score (nSPS) is 14.9. The van der Waals surface area contributed by atoms with Crippen LogP contribution < -0.4 is 5.32 Å². The molecule has 24 heavy (non-hydrogen) atoms. The van der Waals surface area contributed by atoms with Crippen LogP contribution in [0.2, 0.25) is 0 Å². The monoisotopic (exact) mass is 339 g/mol. The summed E-state index contributed by atoms with van der Waals surface area (Å²) >= 11 is 1.42. The van der Waals surface area contributed by atoms with Crippen LogP contribution in [0.3, 0.4) is 0 Å². The fourth-order valence-corrected chi connectivity index (χ4v) is 3.42. The van der Waals surface area contributed by atoms with Gasteiger partial charge in [0.25, 0.3) is 11.8 Å². The molecule has 5 nitrogen and oxygen atoms in total. The van der Waals surface area contributed by atoms with E-state index in [0.717, 1.165) is 12.8 Å². The van der Waals surface area contributed by atoms with Gasteiger partial charge >= 0.3 is 0 Å². The maximum absolute atomic E-state index is 12.5. The maximum atomic E-state index is 12.5. The van der Waals surface area contributed by atoms with Gasteiger partial charge in [0, 0.05) is 24.7 Å². The number of hydrogen-bond acceptors (Lipinski definition) is 4. The minimum Gasteiger partial charge on any atom is -0.348 e. The van der Waals surface area contributed by atoms with Gasteiger partial charge in [0.15, 0.2) is 0 Å². The molecule has 6 heteroatoms. The number of thiophene rings is 1. The Balaban J connectivity index is 1.56. The van der Waals surface area contributed by atoms with E-state index in [0.29, 0.717) is 29.1 Å². The highest BCUT2D eigenvalue weighted by atomic mass is 32.1. The maximum Gasteiger partial charge on any atom is 0.261 e. The van der Waals surface area contributed by atoms with E-state index in [1.807, 2.05) is 17.5 Å². The number of piperidine rings is 1. The highest BCUT2D eigenvalue weighted by molar-refractivity contribution is 7.12. The van der Waals surface area contributed by atoms with Gasteiger partial charge in [-0.05, 0) is 42.5 Å². The van der Waals surface area contributed by atoms with Crippen LogP contribution in [-0.2, 0) is 0 Å². The molecule has 2 heterocycles. The van der Waals surface area contributed by atoms with Crippen molar-refractivity contribution in [3.8, 4) is 6.07 Å². The van der Waals surface area contributed by atoms with E-state index in [2.05, 4.69) is 5.32 Å². The largest absolute Gasteiger partial charge is 0.348 e. The lowest BCUT2D eigenvalue weighted by atomic mass is 10.0. The molecule has 122 valence electrons. The first-order valence-electron chi connectivity index (χ1n) is 7.81. The second-order valence-electron chi connectivity index (χ2n) is 5.71. The summed E-state index contributed by atoms with van der Waals surface area (Å²) in [6.45, 7) is 1.20. The molecule has 1 N–H and O–H groups in total. The average molecular weight is 339 g/mol. The molecule has 1 saturated heterocycles. The van der Waals surface area contributed by atoms with E-state index >= 15 is 0 Å². The molecule has 0 aliphatic carbocycles. The van der Waals surface area contributed by atoms with Crippen molar-refractivity contribution in [3.63, 3.8) is 0 Å². The quantitative estimate of drug-likeness (QED) is 0.934. The SMILES string of the molecule is N#Cc1cccc(C(=O)N2CCC(NC(=O)c3cccs3)CC2)c1. The second-order valence-corrected chi connectivity index (χ2v) is 6.66. The van der Waals surface area contributed by atoms with Gasteiger partial charge in [0.05, 0.1) is 16.5 Å². The molecule has 0 radical (unpaired) electrons. The number of carbonyl (C=O) groups is 2. The van der Waals surface area contributed by atoms with Crippen molar-refractivity contribution in [2.45, 2.75) is 18.9 Å². The molecule has 3 rings (SSSR count). The summed E-state index contributed by atoms with van der Waals surface area (Å²) in [6.07, 6.45) is 1.47. The van der Waals surface area contributed by atoms with E-state index in [1.165, 1.54) is 11.3 Å². The van der Waals surface area contributed by atoms with Crippen molar-refractivity contribution in [1.29, 1.82) is 5.26 Å². The Labute approximate surface area is 144 Å². The molecule has 1 fully saturated rings. The van der Waals surface area contributed by atoms with E-state index in [4.69, 9.17) is 5.26 Å². The van der Waals surface area contributed by atoms with Crippen LogP contribution in [0.25, 0.3) is 0 Å². The standard InChI is InChI=1S/C18H17N3O2S/c19-12-13-3-1-4-14(11-13)18(23)21-8-6-15(7-9-21)20-17(22)16-5-2-10-24-16/h1-5,10-11,15H,6-9H2,(H,20,22). The minimum absolute atomic E-state index is 0.0449. The zero-order valence-electron chi connectivity index (χ0n) is 13.1. The molecular formula is C18H17N3O2S. The highest BCUT2D eigenvalue weighted by Gasteiger charge is 2.25. The Morgan fingerprint density at radius 2 is 2.00 bits per heavy atom. The van der Waals surface area contributed by atoms with Gasteiger partial charge in [0.1, 0.15) is 0 Å². The van der Waals surface area contributed by atoms with Crippen LogP contribution in [0.4, 0.5) is 0 Å². The third-order valence-corrected chi connectivity index (χ3v) is 4.97. The first kappa shape index (κ1) is 16.2. The Kier molecular flexibility index (Phi) is 4.92. The topological polar surface area (TPSA) is 73.2 Å². The molecule has 1 aliphatic heterocycles. The summed E-state index contributed by atoms with van der Waals surface area (Å²) < 4.78 is 0. The fraction of sp³-hybridized carbons (Fsp3) is 0.278. The number of rotatable bonds is 3. The number of amides is 2. The van der Waals surface area contributed by atoms with Crippen LogP contribution >= 0.6 is 11.3 Å². The number of hydrogen-bond donors (Lipinski definition) is 1. The first-order chi connectivity index (χ1) is 11.7. The van der Waals surface area contributed by atoms with E-state index in [9.17, 15) is 9.59 Å². The van der Waals surface area contributed by atoms with Crippen LogP contribution in [0.5, 0.6) is 0 Å². The summed E-state index contributed by atoms with van der Waals surface area (Å²) in [4.78, 5) is 27.1. The molecule has 0 atom stereocenters. The van der Waals surface area contributed by atoms with Crippen LogP contribution in [0.1, 0.15) is 38.4 Å². The molecule has 0 bridgehead atoms. The van der Waals surface area contributed by atoms with Crippen molar-refractivity contribution in [1.82, 2.24) is 10.2 Å². The van der Waals surface area contributed by atoms with Crippen molar-refractivity contribution in [3.05, 3.63) is 57.8 Å². The van der Waals surface area contributed by atoms with Crippen molar-refractivity contribution >= 4 is 23.2 Å². The summed E-state index contributed by atoms with van der Waals surface area (Å²) in [5.41, 5.74) is 1.02. The zero-order valence-corrected chi connectivity index (χ0v) is 13.9. The summed E-state index contributed by atoms with van der Waals surface area (Å²) in [6, 6.07) is 12.6. The Bertz CT molecular complexity index is 772. The second kappa shape index (κ2) is 7.28. The van der Waals surface area contributed by atoms with Crippen molar-refractivity contribution in [2.24, 2.45) is 0 Å². The van der Waals surface area contributed by atoms with E-state index < -0.39 is 0 Å². The zero-order chi connectivity index (χ0) is 16.9. The van der Waals surface area contributed by atoms with Gasteiger partial charge in [-0.1, -0.05) is 12.1 Å². The van der Waals surface area contributed by atoms with Gasteiger partial charge in [-0.15, -0.1) is 11.3 Å². The lowest BCUT2D eigenvalue weighted by molar-refractivity contribution is 0.0698. The van der Waals surface area contributed by atoms with Gasteiger partial charge in [-0.3, -0.25) is 9.59 Å². The Morgan fingerprint density at radius 3 is 2.67 bits per heavy atom. The predicted octanol–water partition coefficient (Wildman–Crippen LogP) is 2.65. The summed E-state index contributed by atoms with van der Waals surface area (Å²) in [7, 11) is 0. The first-order valence-corrected chi connectivity index (χ1v) is 8.69. The molecule has 1 aromatic heterocycles. The van der Waals surface area contributed by atoms with Crippen molar-refractivity contribution < 1.29 is 9.59 Å². The number of nitrogens with zero attached hydrogens (tertiary/aromatic N) is 2. The highest BCUT2D eigenvalue weighted by Crippen LogP contribution is 2.16. The number of benzene rings is 1. The molecule has 1 aromatic carbocycles. The summed E-state index contributed by atoms with van der Waals surface area (Å²) in [5, 5.41) is 13.8. The molecule has 2 amide bonds. The lowest BCUT2D eigenvalue weighted by Gasteiger charge is -2.32. The van der Waals surface area contributed by atoms with Crippen LogP contribution in [-0.4, -0.2) is 35.8 Å². The third-order valence-electron chi connectivity index (χ3n) is 4.10. The smallest absolute Gasteiger partial charge is 0.261 e. The molecule has 0 unspecified atom stereocenters. The molecule has 0 saturated carbocycles. The Morgan fingerprint density at radius 1 is 1.21 bits per heavy atom. The van der Waals surface area contributed by atoms with Crippen molar-refractivity contribution in [2.75, 3.05) is 13.1 Å². The van der Waals surface area contributed by atoms with Gasteiger partial charge in [-0.2, -0.15) is 5.26 Å². The van der Waals surface area contributed by atoms with E-state index in [1.54, 1.807) is 35.2 Å². The Hall–Kier alpha value is -2.65. The number of nitrogens with one attached hydrogen (secondary N) is 1. The summed E-state index contributed by atoms with van der Waals surface area (Å²) in [5.74, 6) is -0.105. The molecular weight excluding hydrogens is 322 g/mol. The van der Waals surface area contributed by atoms with Gasteiger partial charge < -0.3 is 10.2 Å². The fourth-order valence-electron chi connectivity index (χ4n) is 2.80. The molecule has 0 spiro atoms. The average Bonchev–Trinajstić information content (AvgIpc) is 3.16. The molecule has 1 aliphatic rings. The van der Waals surface area contributed by atoms with E-state index in [-0.39, 0.29) is 17.9 Å². The molecule has 2 aromatic rings. The number of carbonyl (C=O) groups excluding carboxylic acids is 2. The number of nitriles is 1. The van der Waals surface area contributed by atoms with Crippen LogP contribution in [0.15, 0.2) is 41.8 Å². The lowest BCUT2D eigenvalue weighted by Crippen LogP contribution is -2.46. The van der Waals surface area contributed by atoms with Gasteiger partial charge in [-0.25, -0.2) is 0 Å².